The van der Waals surface area contributed by atoms with Gasteiger partial charge in [-0.15, -0.1) is 0 Å². The third kappa shape index (κ3) is 2.45. The van der Waals surface area contributed by atoms with Crippen molar-refractivity contribution in [2.24, 2.45) is 5.18 Å². The van der Waals surface area contributed by atoms with E-state index in [1.807, 2.05) is 0 Å². The van der Waals surface area contributed by atoms with E-state index in [1.54, 1.807) is 18.2 Å². The molecule has 1 unspecified atom stereocenters. The van der Waals surface area contributed by atoms with Gasteiger partial charge in [-0.3, -0.25) is 9.59 Å². The van der Waals surface area contributed by atoms with Crippen LogP contribution in [0.3, 0.4) is 0 Å². The van der Waals surface area contributed by atoms with Gasteiger partial charge in [0.05, 0.1) is 0 Å². The number of ketones is 1. The molecule has 0 saturated heterocycles. The van der Waals surface area contributed by atoms with Crippen LogP contribution >= 0.6 is 0 Å². The predicted octanol–water partition coefficient (Wildman–Crippen LogP) is 2.30. The van der Waals surface area contributed by atoms with Crippen molar-refractivity contribution in [3.8, 4) is 0 Å². The van der Waals surface area contributed by atoms with Crippen LogP contribution in [0.2, 0.25) is 0 Å². The monoisotopic (exact) mass is 246 g/mol. The lowest BCUT2D eigenvalue weighted by atomic mass is 10.00. The quantitative estimate of drug-likeness (QED) is 0.656. The van der Waals surface area contributed by atoms with E-state index in [4.69, 9.17) is 0 Å². The smallest absolute Gasteiger partial charge is 0.224 e. The summed E-state index contributed by atoms with van der Waals surface area (Å²) < 4.78 is 0. The van der Waals surface area contributed by atoms with E-state index in [1.165, 1.54) is 6.92 Å². The Balaban J connectivity index is 2.32. The zero-order chi connectivity index (χ0) is 13.1. The molecule has 0 bridgehead atoms. The number of fused-ring (bicyclic) bond motifs is 1. The molecule has 0 aromatic heterocycles. The molecule has 5 nitrogen and oxygen atoms in total. The molecule has 0 radical (unpaired) electrons. The highest BCUT2D eigenvalue weighted by atomic mass is 16.3. The van der Waals surface area contributed by atoms with Gasteiger partial charge in [0.1, 0.15) is 0 Å². The van der Waals surface area contributed by atoms with Gasteiger partial charge >= 0.3 is 0 Å². The number of carbonyl (C=O) groups excluding carboxylic acids is 2. The van der Waals surface area contributed by atoms with Gasteiger partial charge < -0.3 is 5.32 Å². The van der Waals surface area contributed by atoms with Crippen LogP contribution < -0.4 is 5.32 Å². The van der Waals surface area contributed by atoms with E-state index in [0.717, 1.165) is 24.1 Å². The molecule has 1 heterocycles. The van der Waals surface area contributed by atoms with Crippen LogP contribution in [0.5, 0.6) is 0 Å². The van der Waals surface area contributed by atoms with Gasteiger partial charge in [0.25, 0.3) is 0 Å². The second kappa shape index (κ2) is 5.08. The average Bonchev–Trinajstić information content (AvgIpc) is 2.56. The Kier molecular flexibility index (Phi) is 3.50. The van der Waals surface area contributed by atoms with Crippen LogP contribution in [0.25, 0.3) is 0 Å². The van der Waals surface area contributed by atoms with Gasteiger partial charge in [-0.1, -0.05) is 5.18 Å². The van der Waals surface area contributed by atoms with Crippen LogP contribution in [-0.4, -0.2) is 17.7 Å². The zero-order valence-corrected chi connectivity index (χ0v) is 10.1. The van der Waals surface area contributed by atoms with Crippen LogP contribution in [-0.2, 0) is 11.2 Å². The molecule has 1 N–H and O–H groups in total. The fraction of sp³-hybridized carbons (Fsp3) is 0.385. The zero-order valence-electron chi connectivity index (χ0n) is 10.1. The minimum absolute atomic E-state index is 0.00393. The third-order valence-electron chi connectivity index (χ3n) is 3.05. The number of nitrogens with one attached hydrogen (secondary N) is 1. The molecule has 1 aliphatic rings. The van der Waals surface area contributed by atoms with Gasteiger partial charge in [0.15, 0.2) is 11.8 Å². The molecule has 0 aliphatic carbocycles. The summed E-state index contributed by atoms with van der Waals surface area (Å²) in [6, 6.07) is 4.20. The molecule has 0 saturated carbocycles. The minimum atomic E-state index is -0.872. The van der Waals surface area contributed by atoms with Gasteiger partial charge in [-0.25, -0.2) is 0 Å². The summed E-state index contributed by atoms with van der Waals surface area (Å²) in [6.45, 7) is 1.47. The van der Waals surface area contributed by atoms with Crippen molar-refractivity contribution in [2.75, 3.05) is 5.32 Å². The summed E-state index contributed by atoms with van der Waals surface area (Å²) in [5, 5.41) is 5.53. The Labute approximate surface area is 105 Å². The molecule has 94 valence electrons. The van der Waals surface area contributed by atoms with Crippen LogP contribution in [0, 0.1) is 4.91 Å². The molecular weight excluding hydrogens is 232 g/mol. The largest absolute Gasteiger partial charge is 0.326 e. The minimum Gasteiger partial charge on any atom is -0.326 e. The van der Waals surface area contributed by atoms with E-state index < -0.39 is 6.04 Å². The summed E-state index contributed by atoms with van der Waals surface area (Å²) in [5.74, 6) is -0.292. The number of anilines is 1. The molecule has 0 fully saturated rings. The van der Waals surface area contributed by atoms with Crippen molar-refractivity contribution in [1.82, 2.24) is 0 Å². The van der Waals surface area contributed by atoms with Gasteiger partial charge in [-0.05, 0) is 43.5 Å². The van der Waals surface area contributed by atoms with Crippen molar-refractivity contribution >= 4 is 17.4 Å². The van der Waals surface area contributed by atoms with Crippen molar-refractivity contribution < 1.29 is 9.59 Å². The molecule has 18 heavy (non-hydrogen) atoms. The van der Waals surface area contributed by atoms with E-state index >= 15 is 0 Å². The number of nitroso groups, excluding NO2 is 1. The van der Waals surface area contributed by atoms with Crippen molar-refractivity contribution in [3.05, 3.63) is 34.2 Å². The number of hydrogen-bond donors (Lipinski definition) is 1. The molecule has 1 atom stereocenters. The SMILES string of the molecule is CC(N=O)C(=O)c1ccc2c(c1)CCCC(=O)N2. The van der Waals surface area contributed by atoms with Crippen LogP contribution in [0.4, 0.5) is 5.69 Å². The second-order valence-corrected chi connectivity index (χ2v) is 4.42. The number of aryl methyl sites for hydroxylation is 1. The standard InChI is InChI=1S/C13H14N2O3/c1-8(15-18)13(17)10-5-6-11-9(7-10)3-2-4-12(16)14-11/h5-8H,2-4H2,1H3,(H,14,16). The number of benzene rings is 1. The summed E-state index contributed by atoms with van der Waals surface area (Å²) >= 11 is 0. The normalized spacial score (nSPS) is 16.2. The maximum Gasteiger partial charge on any atom is 0.224 e. The molecule has 1 aromatic carbocycles. The predicted molar refractivity (Wildman–Crippen MR) is 67.6 cm³/mol. The fourth-order valence-corrected chi connectivity index (χ4v) is 2.02. The van der Waals surface area contributed by atoms with Crippen molar-refractivity contribution in [2.45, 2.75) is 32.2 Å². The third-order valence-corrected chi connectivity index (χ3v) is 3.05. The Morgan fingerprint density at radius 1 is 1.39 bits per heavy atom. The first-order valence-corrected chi connectivity index (χ1v) is 5.91. The van der Waals surface area contributed by atoms with E-state index in [-0.39, 0.29) is 11.7 Å². The lowest BCUT2D eigenvalue weighted by Crippen LogP contribution is -2.15. The lowest BCUT2D eigenvalue weighted by molar-refractivity contribution is -0.116. The Hall–Kier alpha value is -2.04. The van der Waals surface area contributed by atoms with Crippen LogP contribution in [0.15, 0.2) is 23.4 Å². The number of rotatable bonds is 3. The lowest BCUT2D eigenvalue weighted by Gasteiger charge is -2.09. The van der Waals surface area contributed by atoms with Gasteiger partial charge in [-0.2, -0.15) is 4.91 Å². The maximum absolute atomic E-state index is 11.8. The number of Topliss-reactive ketones (excluding diaryl/α,β-unsaturated/α-hetero) is 1. The highest BCUT2D eigenvalue weighted by Crippen LogP contribution is 2.24. The van der Waals surface area contributed by atoms with Gasteiger partial charge in [0.2, 0.25) is 5.91 Å². The first kappa shape index (κ1) is 12.4. The molecule has 1 aliphatic heterocycles. The van der Waals surface area contributed by atoms with E-state index in [9.17, 15) is 14.5 Å². The highest BCUT2D eigenvalue weighted by molar-refractivity contribution is 6.01. The molecule has 5 heteroatoms. The fourth-order valence-electron chi connectivity index (χ4n) is 2.02. The van der Waals surface area contributed by atoms with Crippen molar-refractivity contribution in [1.29, 1.82) is 0 Å². The molecular formula is C13H14N2O3. The average molecular weight is 246 g/mol. The van der Waals surface area contributed by atoms with Crippen molar-refractivity contribution in [3.63, 3.8) is 0 Å². The van der Waals surface area contributed by atoms with Gasteiger partial charge in [0, 0.05) is 17.7 Å². The Morgan fingerprint density at radius 3 is 2.89 bits per heavy atom. The molecule has 1 amide bonds. The second-order valence-electron chi connectivity index (χ2n) is 4.42. The molecule has 0 spiro atoms. The molecule has 1 aromatic rings. The number of nitrogens with zero attached hydrogens (tertiary/aromatic N) is 1. The van der Waals surface area contributed by atoms with Crippen LogP contribution in [0.1, 0.15) is 35.7 Å². The summed E-state index contributed by atoms with van der Waals surface area (Å²) in [7, 11) is 0. The number of carbonyl (C=O) groups is 2. The summed E-state index contributed by atoms with van der Waals surface area (Å²) in [5.41, 5.74) is 2.16. The van der Waals surface area contributed by atoms with E-state index in [2.05, 4.69) is 10.5 Å². The summed E-state index contributed by atoms with van der Waals surface area (Å²) in [4.78, 5) is 33.6. The maximum atomic E-state index is 11.8. The topological polar surface area (TPSA) is 75.6 Å². The van der Waals surface area contributed by atoms with E-state index in [0.29, 0.717) is 12.0 Å². The molecule has 2 rings (SSSR count). The Bertz CT molecular complexity index is 511. The number of hydrogen-bond acceptors (Lipinski definition) is 4. The number of amides is 1. The highest BCUT2D eigenvalue weighted by Gasteiger charge is 2.18. The first-order valence-electron chi connectivity index (χ1n) is 5.91. The summed E-state index contributed by atoms with van der Waals surface area (Å²) in [6.07, 6.45) is 2.00. The first-order chi connectivity index (χ1) is 8.61. The Morgan fingerprint density at radius 2 is 2.17 bits per heavy atom.